The molecule has 3 heteroatoms. The van der Waals surface area contributed by atoms with Gasteiger partial charge in [0.1, 0.15) is 5.76 Å². The first-order valence-electron chi connectivity index (χ1n) is 6.09. The molecule has 20 heavy (non-hydrogen) atoms. The fourth-order valence-electron chi connectivity index (χ4n) is 0.828. The number of carbonyl (C=O) groups is 1. The van der Waals surface area contributed by atoms with E-state index >= 15 is 0 Å². The summed E-state index contributed by atoms with van der Waals surface area (Å²) in [6, 6.07) is 0. The number of ketones is 1. The molecule has 0 bridgehead atoms. The van der Waals surface area contributed by atoms with Crippen molar-refractivity contribution in [1.29, 1.82) is 5.26 Å². The summed E-state index contributed by atoms with van der Waals surface area (Å²) in [5, 5.41) is 8.21. The fourth-order valence-corrected chi connectivity index (χ4v) is 0.828. The average Bonchev–Trinajstić information content (AvgIpc) is 2.42. The highest BCUT2D eigenvalue weighted by Gasteiger charge is 2.05. The second-order valence-corrected chi connectivity index (χ2v) is 3.67. The van der Waals surface area contributed by atoms with Crippen LogP contribution in [0.15, 0.2) is 73.6 Å². The number of nitriles is 1. The number of carbonyl (C=O) groups excluding carboxylic acids is 1. The van der Waals surface area contributed by atoms with Gasteiger partial charge in [-0.15, -0.1) is 5.26 Å². The molecule has 0 aliphatic heterocycles. The molecule has 0 heterocycles. The molecule has 0 aromatic heterocycles. The first-order chi connectivity index (χ1) is 9.44. The van der Waals surface area contributed by atoms with E-state index in [-0.39, 0.29) is 17.1 Å². The van der Waals surface area contributed by atoms with Crippen LogP contribution in [0.25, 0.3) is 0 Å². The maximum atomic E-state index is 11.6. The third-order valence-electron chi connectivity index (χ3n) is 1.66. The molecule has 0 atom stereocenters. The Labute approximate surface area is 121 Å². The summed E-state index contributed by atoms with van der Waals surface area (Å²) in [5.74, 6) is -0.169. The Morgan fingerprint density at radius 1 is 1.15 bits per heavy atom. The number of hydrogen-bond acceptors (Lipinski definition) is 3. The van der Waals surface area contributed by atoms with E-state index in [2.05, 4.69) is 44.9 Å². The summed E-state index contributed by atoms with van der Waals surface area (Å²) >= 11 is 0. The lowest BCUT2D eigenvalue weighted by Gasteiger charge is -1.99. The lowest BCUT2D eigenvalue weighted by molar-refractivity contribution is -0.111. The Hall–Kier alpha value is -2.60. The molecule has 0 fully saturated rings. The van der Waals surface area contributed by atoms with Crippen LogP contribution in [0.1, 0.15) is 20.3 Å². The standard InChI is InChI=1S/C14H13NO2.C3H8/c1-5-6-7-11(2)14(16)12(3)8-9-13(4)17-10-15;1-3-2/h5-9H,1-4H2;3H2,1-2H3/b7-6-,9-8-;. The van der Waals surface area contributed by atoms with Gasteiger partial charge in [-0.3, -0.25) is 4.79 Å². The Morgan fingerprint density at radius 2 is 1.65 bits per heavy atom. The quantitative estimate of drug-likeness (QED) is 0.298. The Kier molecular flexibility index (Phi) is 12.7. The number of Topliss-reactive ketones (excluding diaryl/α,β-unsaturated/α-hetero) is 1. The van der Waals surface area contributed by atoms with Gasteiger partial charge in [0.2, 0.25) is 0 Å². The van der Waals surface area contributed by atoms with E-state index < -0.39 is 0 Å². The van der Waals surface area contributed by atoms with Crippen molar-refractivity contribution in [2.75, 3.05) is 0 Å². The molecular formula is C17H21NO2. The Balaban J connectivity index is 0. The van der Waals surface area contributed by atoms with E-state index in [9.17, 15) is 4.79 Å². The highest BCUT2D eigenvalue weighted by molar-refractivity contribution is 6.11. The maximum Gasteiger partial charge on any atom is 0.292 e. The first kappa shape index (κ1) is 19.7. The Bertz CT molecular complexity index is 474. The zero-order chi connectivity index (χ0) is 16.0. The molecule has 0 saturated carbocycles. The van der Waals surface area contributed by atoms with E-state index in [1.165, 1.54) is 30.9 Å². The van der Waals surface area contributed by atoms with Crippen molar-refractivity contribution in [3.63, 3.8) is 0 Å². The minimum absolute atomic E-state index is 0.133. The summed E-state index contributed by atoms with van der Waals surface area (Å²) in [4.78, 5) is 11.6. The first-order valence-corrected chi connectivity index (χ1v) is 6.09. The lowest BCUT2D eigenvalue weighted by Crippen LogP contribution is -2.00. The monoisotopic (exact) mass is 271 g/mol. The van der Waals surface area contributed by atoms with Crippen molar-refractivity contribution >= 4 is 5.78 Å². The van der Waals surface area contributed by atoms with Crippen molar-refractivity contribution in [2.24, 2.45) is 0 Å². The van der Waals surface area contributed by atoms with Crippen molar-refractivity contribution < 1.29 is 9.53 Å². The molecule has 0 radical (unpaired) electrons. The number of allylic oxidation sites excluding steroid dienone is 7. The second kappa shape index (κ2) is 12.8. The molecule has 106 valence electrons. The van der Waals surface area contributed by atoms with Gasteiger partial charge in [0.25, 0.3) is 6.26 Å². The molecule has 0 aliphatic rings. The van der Waals surface area contributed by atoms with Gasteiger partial charge in [0, 0.05) is 11.1 Å². The van der Waals surface area contributed by atoms with Gasteiger partial charge >= 0.3 is 0 Å². The third-order valence-corrected chi connectivity index (χ3v) is 1.66. The summed E-state index contributed by atoms with van der Waals surface area (Å²) in [7, 11) is 0. The molecule has 0 aromatic carbocycles. The van der Waals surface area contributed by atoms with Crippen LogP contribution >= 0.6 is 0 Å². The molecule has 0 N–H and O–H groups in total. The maximum absolute atomic E-state index is 11.6. The zero-order valence-corrected chi connectivity index (χ0v) is 12.2. The second-order valence-electron chi connectivity index (χ2n) is 3.67. The van der Waals surface area contributed by atoms with Gasteiger partial charge in [0.05, 0.1) is 0 Å². The largest absolute Gasteiger partial charge is 0.389 e. The van der Waals surface area contributed by atoms with Crippen molar-refractivity contribution in [3.05, 3.63) is 73.6 Å². The van der Waals surface area contributed by atoms with E-state index in [0.29, 0.717) is 5.57 Å². The van der Waals surface area contributed by atoms with Gasteiger partial charge < -0.3 is 4.74 Å². The fraction of sp³-hybridized carbons (Fsp3) is 0.176. The van der Waals surface area contributed by atoms with Crippen LogP contribution in [0.2, 0.25) is 0 Å². The minimum atomic E-state index is -0.302. The molecule has 0 spiro atoms. The number of rotatable bonds is 7. The minimum Gasteiger partial charge on any atom is -0.389 e. The van der Waals surface area contributed by atoms with Crippen LogP contribution in [0, 0.1) is 11.5 Å². The van der Waals surface area contributed by atoms with Crippen LogP contribution in [0.3, 0.4) is 0 Å². The summed E-state index contributed by atoms with van der Waals surface area (Å²) in [5.41, 5.74) is 0.526. The Morgan fingerprint density at radius 3 is 2.10 bits per heavy atom. The van der Waals surface area contributed by atoms with Gasteiger partial charge in [0.15, 0.2) is 5.78 Å². The predicted molar refractivity (Wildman–Crippen MR) is 83.6 cm³/mol. The molecule has 0 saturated heterocycles. The molecule has 0 rings (SSSR count). The third kappa shape index (κ3) is 10.5. The normalized spacial score (nSPS) is 9.25. The predicted octanol–water partition coefficient (Wildman–Crippen LogP) is 4.39. The number of nitrogens with zero attached hydrogens (tertiary/aromatic N) is 1. The number of hydrogen-bond donors (Lipinski definition) is 0. The smallest absolute Gasteiger partial charge is 0.292 e. The van der Waals surface area contributed by atoms with E-state index in [4.69, 9.17) is 5.26 Å². The van der Waals surface area contributed by atoms with Crippen molar-refractivity contribution in [1.82, 2.24) is 0 Å². The van der Waals surface area contributed by atoms with Gasteiger partial charge in [-0.05, 0) is 12.2 Å². The zero-order valence-electron chi connectivity index (χ0n) is 12.2. The van der Waals surface area contributed by atoms with Crippen LogP contribution in [-0.2, 0) is 9.53 Å². The van der Waals surface area contributed by atoms with E-state index in [0.717, 1.165) is 0 Å². The molecule has 0 aromatic rings. The van der Waals surface area contributed by atoms with Crippen LogP contribution in [-0.4, -0.2) is 5.78 Å². The van der Waals surface area contributed by atoms with Gasteiger partial charge in [-0.1, -0.05) is 64.8 Å². The van der Waals surface area contributed by atoms with Crippen LogP contribution < -0.4 is 0 Å². The molecule has 0 amide bonds. The highest BCUT2D eigenvalue weighted by atomic mass is 16.5. The van der Waals surface area contributed by atoms with Crippen molar-refractivity contribution in [2.45, 2.75) is 20.3 Å². The highest BCUT2D eigenvalue weighted by Crippen LogP contribution is 2.07. The SMILES string of the molecule is C=C/C=C\C(=C)C(=O)C(=C)/C=C\C(=C)OC#N.CCC. The summed E-state index contributed by atoms with van der Waals surface area (Å²) < 4.78 is 4.42. The van der Waals surface area contributed by atoms with E-state index in [1.807, 2.05) is 0 Å². The molecule has 3 nitrogen and oxygen atoms in total. The van der Waals surface area contributed by atoms with Crippen LogP contribution in [0.5, 0.6) is 0 Å². The van der Waals surface area contributed by atoms with E-state index in [1.54, 1.807) is 12.2 Å². The summed E-state index contributed by atoms with van der Waals surface area (Å²) in [6.07, 6.45) is 10.2. The van der Waals surface area contributed by atoms with Crippen molar-refractivity contribution in [3.8, 4) is 6.26 Å². The summed E-state index contributed by atoms with van der Waals surface area (Å²) in [6.45, 7) is 18.3. The number of ether oxygens (including phenoxy) is 1. The molecular weight excluding hydrogens is 250 g/mol. The lowest BCUT2D eigenvalue weighted by atomic mass is 10.1. The molecule has 0 aliphatic carbocycles. The van der Waals surface area contributed by atoms with Gasteiger partial charge in [-0.2, -0.15) is 0 Å². The average molecular weight is 271 g/mol. The van der Waals surface area contributed by atoms with Gasteiger partial charge in [-0.25, -0.2) is 0 Å². The van der Waals surface area contributed by atoms with Crippen LogP contribution in [0.4, 0.5) is 0 Å². The molecule has 0 unspecified atom stereocenters. The topological polar surface area (TPSA) is 50.1 Å².